The number of aromatic nitrogens is 4. The summed E-state index contributed by atoms with van der Waals surface area (Å²) in [6.45, 7) is 1.81. The molecular formula is C20H17IN6O2S. The lowest BCUT2D eigenvalue weighted by atomic mass is 10.3. The van der Waals surface area contributed by atoms with Crippen molar-refractivity contribution in [1.29, 1.82) is 0 Å². The number of benzene rings is 2. The Kier molecular flexibility index (Phi) is 5.68. The summed E-state index contributed by atoms with van der Waals surface area (Å²) in [6.07, 6.45) is 5.15. The number of rotatable bonds is 6. The van der Waals surface area contributed by atoms with Crippen molar-refractivity contribution in [3.05, 3.63) is 82.7 Å². The summed E-state index contributed by atoms with van der Waals surface area (Å²) in [7, 11) is -3.64. The van der Waals surface area contributed by atoms with E-state index in [9.17, 15) is 8.42 Å². The van der Waals surface area contributed by atoms with Crippen LogP contribution in [0, 0.1) is 10.5 Å². The van der Waals surface area contributed by atoms with Crippen molar-refractivity contribution in [3.8, 4) is 5.82 Å². The van der Waals surface area contributed by atoms with Gasteiger partial charge in [0.2, 0.25) is 0 Å². The van der Waals surface area contributed by atoms with E-state index in [1.54, 1.807) is 71.8 Å². The van der Waals surface area contributed by atoms with Crippen LogP contribution in [0.3, 0.4) is 0 Å². The second kappa shape index (κ2) is 8.40. The molecule has 0 aliphatic rings. The summed E-state index contributed by atoms with van der Waals surface area (Å²) in [5.41, 5.74) is 1.24. The highest BCUT2D eigenvalue weighted by atomic mass is 127. The van der Waals surface area contributed by atoms with Gasteiger partial charge in [-0.1, -0.05) is 0 Å². The Bertz CT molecular complexity index is 1260. The molecule has 0 aliphatic carbocycles. The third kappa shape index (κ3) is 4.76. The number of hydrogen-bond donors (Lipinski definition) is 2. The van der Waals surface area contributed by atoms with Crippen LogP contribution in [-0.2, 0) is 10.0 Å². The van der Waals surface area contributed by atoms with Gasteiger partial charge in [-0.2, -0.15) is 0 Å². The number of halogens is 1. The SMILES string of the molecule is Cc1nc(Nc2ccc(NS(=O)(=O)c3ccc(I)cc3)cc2)cc(-n2ccnc2)n1. The van der Waals surface area contributed by atoms with Crippen LogP contribution in [0.5, 0.6) is 0 Å². The molecule has 0 aliphatic heterocycles. The molecule has 10 heteroatoms. The highest BCUT2D eigenvalue weighted by molar-refractivity contribution is 14.1. The van der Waals surface area contributed by atoms with E-state index in [1.807, 2.05) is 13.0 Å². The molecule has 30 heavy (non-hydrogen) atoms. The highest BCUT2D eigenvalue weighted by Crippen LogP contribution is 2.22. The molecular weight excluding hydrogens is 515 g/mol. The first-order valence-electron chi connectivity index (χ1n) is 8.88. The molecule has 0 fully saturated rings. The molecule has 2 N–H and O–H groups in total. The summed E-state index contributed by atoms with van der Waals surface area (Å²) in [5, 5.41) is 3.21. The molecule has 2 aromatic heterocycles. The number of aryl methyl sites for hydroxylation is 1. The molecule has 0 saturated heterocycles. The molecule has 8 nitrogen and oxygen atoms in total. The normalized spacial score (nSPS) is 11.3. The van der Waals surface area contributed by atoms with Crippen LogP contribution in [-0.4, -0.2) is 27.9 Å². The van der Waals surface area contributed by atoms with Crippen LogP contribution in [0.1, 0.15) is 5.82 Å². The van der Waals surface area contributed by atoms with E-state index in [-0.39, 0.29) is 4.90 Å². The molecule has 2 aromatic carbocycles. The summed E-state index contributed by atoms with van der Waals surface area (Å²) in [5.74, 6) is 1.94. The molecule has 152 valence electrons. The molecule has 4 aromatic rings. The van der Waals surface area contributed by atoms with Gasteiger partial charge in [-0.15, -0.1) is 0 Å². The van der Waals surface area contributed by atoms with Gasteiger partial charge in [0.15, 0.2) is 0 Å². The molecule has 0 radical (unpaired) electrons. The van der Waals surface area contributed by atoms with Gasteiger partial charge < -0.3 is 5.32 Å². The van der Waals surface area contributed by atoms with Crippen LogP contribution < -0.4 is 10.0 Å². The van der Waals surface area contributed by atoms with E-state index in [4.69, 9.17) is 0 Å². The van der Waals surface area contributed by atoms with Crippen molar-refractivity contribution in [3.63, 3.8) is 0 Å². The van der Waals surface area contributed by atoms with Gasteiger partial charge in [-0.25, -0.2) is 23.4 Å². The smallest absolute Gasteiger partial charge is 0.261 e. The van der Waals surface area contributed by atoms with Gasteiger partial charge in [0.1, 0.15) is 23.8 Å². The minimum atomic E-state index is -3.64. The van der Waals surface area contributed by atoms with Gasteiger partial charge in [-0.3, -0.25) is 9.29 Å². The average Bonchev–Trinajstić information content (AvgIpc) is 3.24. The Morgan fingerprint density at radius 3 is 2.33 bits per heavy atom. The first-order chi connectivity index (χ1) is 14.4. The van der Waals surface area contributed by atoms with E-state index >= 15 is 0 Å². The van der Waals surface area contributed by atoms with Crippen molar-refractivity contribution < 1.29 is 8.42 Å². The Hall–Kier alpha value is -2.99. The van der Waals surface area contributed by atoms with E-state index in [1.165, 1.54) is 0 Å². The molecule has 4 rings (SSSR count). The second-order valence-electron chi connectivity index (χ2n) is 6.39. The zero-order chi connectivity index (χ0) is 21.1. The van der Waals surface area contributed by atoms with Gasteiger partial charge in [-0.05, 0) is 78.0 Å². The van der Waals surface area contributed by atoms with E-state index in [2.05, 4.69) is 47.6 Å². The lowest BCUT2D eigenvalue weighted by Crippen LogP contribution is -2.12. The first kappa shape index (κ1) is 20.3. The minimum absolute atomic E-state index is 0.216. The zero-order valence-corrected chi connectivity index (χ0v) is 18.8. The zero-order valence-electron chi connectivity index (χ0n) is 15.8. The van der Waals surface area contributed by atoms with Gasteiger partial charge in [0.25, 0.3) is 10.0 Å². The van der Waals surface area contributed by atoms with Crippen LogP contribution >= 0.6 is 22.6 Å². The molecule has 0 spiro atoms. The van der Waals surface area contributed by atoms with E-state index in [0.717, 1.165) is 9.26 Å². The molecule has 0 atom stereocenters. The van der Waals surface area contributed by atoms with Crippen LogP contribution in [0.15, 0.2) is 78.2 Å². The van der Waals surface area contributed by atoms with E-state index < -0.39 is 10.0 Å². The Morgan fingerprint density at radius 2 is 1.67 bits per heavy atom. The number of hydrogen-bond acceptors (Lipinski definition) is 6. The first-order valence-corrected chi connectivity index (χ1v) is 11.4. The fraction of sp³-hybridized carbons (Fsp3) is 0.0500. The highest BCUT2D eigenvalue weighted by Gasteiger charge is 2.14. The molecule has 0 unspecified atom stereocenters. The molecule has 0 bridgehead atoms. The third-order valence-electron chi connectivity index (χ3n) is 4.13. The summed E-state index contributed by atoms with van der Waals surface area (Å²) in [4.78, 5) is 13.0. The summed E-state index contributed by atoms with van der Waals surface area (Å²) >= 11 is 2.13. The number of imidazole rings is 1. The van der Waals surface area contributed by atoms with Crippen molar-refractivity contribution in [2.24, 2.45) is 0 Å². The molecule has 0 amide bonds. The summed E-state index contributed by atoms with van der Waals surface area (Å²) < 4.78 is 30.4. The maximum absolute atomic E-state index is 12.5. The van der Waals surface area contributed by atoms with Gasteiger partial charge >= 0.3 is 0 Å². The fourth-order valence-corrected chi connectivity index (χ4v) is 4.16. The van der Waals surface area contributed by atoms with Crippen LogP contribution in [0.25, 0.3) is 5.82 Å². The maximum Gasteiger partial charge on any atom is 0.261 e. The van der Waals surface area contributed by atoms with Gasteiger partial charge in [0.05, 0.1) is 4.90 Å². The standard InChI is InChI=1S/C20H17IN6O2S/c1-14-23-19(12-20(24-14)27-11-10-22-13-27)25-16-4-6-17(7-5-16)26-30(28,29)18-8-2-15(21)3-9-18/h2-13,26H,1H3,(H,23,24,25). The average molecular weight is 532 g/mol. The predicted molar refractivity (Wildman–Crippen MR) is 124 cm³/mol. The maximum atomic E-state index is 12.5. The number of sulfonamides is 1. The monoisotopic (exact) mass is 532 g/mol. The molecule has 2 heterocycles. The Balaban J connectivity index is 1.50. The third-order valence-corrected chi connectivity index (χ3v) is 6.24. The number of nitrogens with zero attached hydrogens (tertiary/aromatic N) is 4. The predicted octanol–water partition coefficient (Wildman–Crippen LogP) is 4.12. The lowest BCUT2D eigenvalue weighted by Gasteiger charge is -2.11. The van der Waals surface area contributed by atoms with Crippen LogP contribution in [0.2, 0.25) is 0 Å². The lowest BCUT2D eigenvalue weighted by molar-refractivity contribution is 0.601. The van der Waals surface area contributed by atoms with Crippen LogP contribution in [0.4, 0.5) is 17.2 Å². The quantitative estimate of drug-likeness (QED) is 0.363. The fourth-order valence-electron chi connectivity index (χ4n) is 2.74. The van der Waals surface area contributed by atoms with Crippen molar-refractivity contribution >= 4 is 49.8 Å². The van der Waals surface area contributed by atoms with Gasteiger partial charge in [0, 0.05) is 33.4 Å². The second-order valence-corrected chi connectivity index (χ2v) is 9.32. The molecule has 0 saturated carbocycles. The van der Waals surface area contributed by atoms with E-state index in [0.29, 0.717) is 23.1 Å². The van der Waals surface area contributed by atoms with Crippen molar-refractivity contribution in [2.75, 3.05) is 10.0 Å². The summed E-state index contributed by atoms with van der Waals surface area (Å²) in [6, 6.07) is 15.4. The number of anilines is 3. The van der Waals surface area contributed by atoms with Crippen molar-refractivity contribution in [2.45, 2.75) is 11.8 Å². The number of nitrogens with one attached hydrogen (secondary N) is 2. The Labute approximate surface area is 187 Å². The van der Waals surface area contributed by atoms with Crippen molar-refractivity contribution in [1.82, 2.24) is 19.5 Å². The Morgan fingerprint density at radius 1 is 0.967 bits per heavy atom. The minimum Gasteiger partial charge on any atom is -0.340 e. The topological polar surface area (TPSA) is 102 Å². The largest absolute Gasteiger partial charge is 0.340 e.